The van der Waals surface area contributed by atoms with E-state index in [9.17, 15) is 0 Å². The molecule has 0 radical (unpaired) electrons. The maximum atomic E-state index is 6.00. The Labute approximate surface area is 151 Å². The van der Waals surface area contributed by atoms with Gasteiger partial charge in [0, 0.05) is 23.3 Å². The van der Waals surface area contributed by atoms with E-state index in [0.29, 0.717) is 5.82 Å². The van der Waals surface area contributed by atoms with Crippen molar-refractivity contribution in [1.29, 1.82) is 0 Å². The number of fused-ring (bicyclic) bond motifs is 2. The highest BCUT2D eigenvalue weighted by atomic mass is 14.8. The first kappa shape index (κ1) is 14.7. The molecule has 0 saturated heterocycles. The van der Waals surface area contributed by atoms with Crippen LogP contribution in [0.25, 0.3) is 43.9 Å². The molecule has 0 fully saturated rings. The maximum absolute atomic E-state index is 6.00. The molecule has 124 valence electrons. The number of nitrogen functional groups attached to an aromatic ring is 1. The van der Waals surface area contributed by atoms with Crippen LogP contribution >= 0.6 is 0 Å². The lowest BCUT2D eigenvalue weighted by atomic mass is 9.93. The van der Waals surface area contributed by atoms with Crippen LogP contribution in [0.3, 0.4) is 0 Å². The molecule has 5 aromatic rings. The largest absolute Gasteiger partial charge is 0.384 e. The Morgan fingerprint density at radius 1 is 0.731 bits per heavy atom. The molecule has 3 aromatic carbocycles. The van der Waals surface area contributed by atoms with Gasteiger partial charge in [0.15, 0.2) is 0 Å². The van der Waals surface area contributed by atoms with Crippen molar-refractivity contribution in [2.75, 3.05) is 5.73 Å². The molecular weight excluding hydrogens is 318 g/mol. The summed E-state index contributed by atoms with van der Waals surface area (Å²) in [6.07, 6.45) is 3.96. The molecule has 0 amide bonds. The zero-order valence-corrected chi connectivity index (χ0v) is 14.1. The van der Waals surface area contributed by atoms with Crippen molar-refractivity contribution in [2.24, 2.45) is 0 Å². The van der Waals surface area contributed by atoms with Gasteiger partial charge in [-0.05, 0) is 57.8 Å². The lowest BCUT2D eigenvalue weighted by Crippen LogP contribution is -1.93. The summed E-state index contributed by atoms with van der Waals surface area (Å²) in [5, 5.41) is 3.52. The third-order valence-electron chi connectivity index (χ3n) is 4.83. The smallest absolute Gasteiger partial charge is 0.124 e. The number of benzene rings is 3. The molecule has 0 bridgehead atoms. The maximum Gasteiger partial charge on any atom is 0.124 e. The lowest BCUT2D eigenvalue weighted by molar-refractivity contribution is 1.41. The Morgan fingerprint density at radius 2 is 1.62 bits per heavy atom. The minimum absolute atomic E-state index is 0.536. The van der Waals surface area contributed by atoms with Crippen molar-refractivity contribution in [3.05, 3.63) is 85.2 Å². The van der Waals surface area contributed by atoms with Crippen LogP contribution < -0.4 is 5.73 Å². The van der Waals surface area contributed by atoms with Crippen molar-refractivity contribution in [3.8, 4) is 22.3 Å². The van der Waals surface area contributed by atoms with Crippen LogP contribution in [0.2, 0.25) is 0 Å². The molecule has 3 N–H and O–H groups in total. The molecule has 3 heteroatoms. The standard InChI is InChI=1S/C23H17N3/c24-22-9-8-16-12-18(17-10-11-25-14-17)13-21(23(16)26-22)20-7-3-5-15-4-1-2-6-19(15)20/h1-14,25H,(H2,24,26). The molecule has 0 spiro atoms. The number of nitrogens with two attached hydrogens (primary N) is 1. The normalized spacial score (nSPS) is 11.2. The monoisotopic (exact) mass is 335 g/mol. The minimum atomic E-state index is 0.536. The number of nitrogens with one attached hydrogen (secondary N) is 1. The first-order valence-electron chi connectivity index (χ1n) is 8.61. The zero-order chi connectivity index (χ0) is 17.5. The number of H-pyrrole nitrogens is 1. The summed E-state index contributed by atoms with van der Waals surface area (Å²) >= 11 is 0. The summed E-state index contributed by atoms with van der Waals surface area (Å²) in [7, 11) is 0. The van der Waals surface area contributed by atoms with Crippen molar-refractivity contribution in [1.82, 2.24) is 9.97 Å². The summed E-state index contributed by atoms with van der Waals surface area (Å²) in [5.74, 6) is 0.536. The second kappa shape index (κ2) is 5.74. The summed E-state index contributed by atoms with van der Waals surface area (Å²) < 4.78 is 0. The van der Waals surface area contributed by atoms with Crippen LogP contribution in [0.1, 0.15) is 0 Å². The quantitative estimate of drug-likeness (QED) is 0.439. The van der Waals surface area contributed by atoms with Gasteiger partial charge in [-0.25, -0.2) is 4.98 Å². The third-order valence-corrected chi connectivity index (χ3v) is 4.83. The van der Waals surface area contributed by atoms with E-state index in [1.807, 2.05) is 24.5 Å². The molecule has 0 atom stereocenters. The average molecular weight is 335 g/mol. The van der Waals surface area contributed by atoms with E-state index in [1.54, 1.807) is 0 Å². The highest BCUT2D eigenvalue weighted by molar-refractivity contribution is 6.06. The molecule has 0 aliphatic rings. The Balaban J connectivity index is 1.89. The topological polar surface area (TPSA) is 54.7 Å². The number of hydrogen-bond donors (Lipinski definition) is 2. The number of nitrogens with zero attached hydrogens (tertiary/aromatic N) is 1. The average Bonchev–Trinajstić information content (AvgIpc) is 3.22. The molecule has 3 nitrogen and oxygen atoms in total. The summed E-state index contributed by atoms with van der Waals surface area (Å²) in [6.45, 7) is 0. The fourth-order valence-corrected chi connectivity index (χ4v) is 3.59. The van der Waals surface area contributed by atoms with Crippen molar-refractivity contribution < 1.29 is 0 Å². The number of anilines is 1. The van der Waals surface area contributed by atoms with Gasteiger partial charge in [-0.15, -0.1) is 0 Å². The molecule has 2 aromatic heterocycles. The molecule has 0 saturated carbocycles. The molecule has 5 rings (SSSR count). The lowest BCUT2D eigenvalue weighted by Gasteiger charge is -2.12. The fourth-order valence-electron chi connectivity index (χ4n) is 3.59. The van der Waals surface area contributed by atoms with E-state index in [4.69, 9.17) is 5.73 Å². The second-order valence-corrected chi connectivity index (χ2v) is 6.46. The van der Waals surface area contributed by atoms with Gasteiger partial charge in [0.1, 0.15) is 5.82 Å². The molecule has 0 aliphatic heterocycles. The van der Waals surface area contributed by atoms with Crippen LogP contribution in [0.5, 0.6) is 0 Å². The molecule has 2 heterocycles. The Hall–Kier alpha value is -3.59. The predicted octanol–water partition coefficient (Wildman–Crippen LogP) is 5.63. The summed E-state index contributed by atoms with van der Waals surface area (Å²) in [5.41, 5.74) is 11.5. The van der Waals surface area contributed by atoms with E-state index in [1.165, 1.54) is 16.3 Å². The van der Waals surface area contributed by atoms with Crippen LogP contribution in [-0.4, -0.2) is 9.97 Å². The van der Waals surface area contributed by atoms with Gasteiger partial charge in [-0.1, -0.05) is 42.5 Å². The number of hydrogen-bond acceptors (Lipinski definition) is 2. The van der Waals surface area contributed by atoms with Gasteiger partial charge in [0.2, 0.25) is 0 Å². The third kappa shape index (κ3) is 2.33. The molecule has 0 unspecified atom stereocenters. The Kier molecular flexibility index (Phi) is 3.25. The second-order valence-electron chi connectivity index (χ2n) is 6.46. The van der Waals surface area contributed by atoms with Gasteiger partial charge in [-0.2, -0.15) is 0 Å². The highest BCUT2D eigenvalue weighted by Gasteiger charge is 2.12. The SMILES string of the molecule is Nc1ccc2cc(-c3cc[nH]c3)cc(-c3cccc4ccccc34)c2n1. The van der Waals surface area contributed by atoms with Crippen molar-refractivity contribution >= 4 is 27.5 Å². The van der Waals surface area contributed by atoms with Crippen LogP contribution in [0, 0.1) is 0 Å². The van der Waals surface area contributed by atoms with E-state index in [0.717, 1.165) is 27.6 Å². The Bertz CT molecular complexity index is 1230. The molecule has 0 aliphatic carbocycles. The van der Waals surface area contributed by atoms with Gasteiger partial charge < -0.3 is 10.7 Å². The van der Waals surface area contributed by atoms with Crippen LogP contribution in [-0.2, 0) is 0 Å². The van der Waals surface area contributed by atoms with E-state index in [2.05, 4.69) is 70.6 Å². The summed E-state index contributed by atoms with van der Waals surface area (Å²) in [4.78, 5) is 7.79. The van der Waals surface area contributed by atoms with Gasteiger partial charge >= 0.3 is 0 Å². The highest BCUT2D eigenvalue weighted by Crippen LogP contribution is 2.36. The first-order valence-corrected chi connectivity index (χ1v) is 8.61. The van der Waals surface area contributed by atoms with Gasteiger partial charge in [-0.3, -0.25) is 0 Å². The van der Waals surface area contributed by atoms with Gasteiger partial charge in [0.05, 0.1) is 5.52 Å². The van der Waals surface area contributed by atoms with Crippen molar-refractivity contribution in [2.45, 2.75) is 0 Å². The number of aromatic nitrogens is 2. The van der Waals surface area contributed by atoms with E-state index < -0.39 is 0 Å². The minimum Gasteiger partial charge on any atom is -0.384 e. The van der Waals surface area contributed by atoms with Crippen LogP contribution in [0.4, 0.5) is 5.82 Å². The molecule has 26 heavy (non-hydrogen) atoms. The summed E-state index contributed by atoms with van der Waals surface area (Å²) in [6, 6.07) is 25.2. The van der Waals surface area contributed by atoms with Crippen LogP contribution in [0.15, 0.2) is 85.2 Å². The molecular formula is C23H17N3. The zero-order valence-electron chi connectivity index (χ0n) is 14.1. The predicted molar refractivity (Wildman–Crippen MR) is 109 cm³/mol. The number of pyridine rings is 1. The Morgan fingerprint density at radius 3 is 2.50 bits per heavy atom. The van der Waals surface area contributed by atoms with E-state index in [-0.39, 0.29) is 0 Å². The van der Waals surface area contributed by atoms with E-state index >= 15 is 0 Å². The first-order chi connectivity index (χ1) is 12.8. The fraction of sp³-hybridized carbons (Fsp3) is 0. The van der Waals surface area contributed by atoms with Crippen molar-refractivity contribution in [3.63, 3.8) is 0 Å². The number of aromatic amines is 1. The van der Waals surface area contributed by atoms with Gasteiger partial charge in [0.25, 0.3) is 0 Å². The number of rotatable bonds is 2.